The summed E-state index contributed by atoms with van der Waals surface area (Å²) in [5, 5.41) is 8.88. The average molecular weight is 279 g/mol. The number of carbonyl (C=O) groups excluding carboxylic acids is 1. The van der Waals surface area contributed by atoms with Gasteiger partial charge in [-0.15, -0.1) is 0 Å². The van der Waals surface area contributed by atoms with Crippen LogP contribution in [0.4, 0.5) is 0 Å². The van der Waals surface area contributed by atoms with E-state index < -0.39 is 0 Å². The molecule has 3 heteroatoms. The summed E-state index contributed by atoms with van der Waals surface area (Å²) < 4.78 is 5.75. The van der Waals surface area contributed by atoms with Crippen LogP contribution in [0.5, 0.6) is 5.75 Å². The third kappa shape index (κ3) is 3.70. The van der Waals surface area contributed by atoms with Crippen molar-refractivity contribution in [2.45, 2.75) is 26.9 Å². The topological polar surface area (TPSA) is 50.1 Å². The van der Waals surface area contributed by atoms with Gasteiger partial charge in [0.1, 0.15) is 12.4 Å². The van der Waals surface area contributed by atoms with Gasteiger partial charge in [0, 0.05) is 5.56 Å². The summed E-state index contributed by atoms with van der Waals surface area (Å²) in [5.74, 6) is 0.805. The van der Waals surface area contributed by atoms with Gasteiger partial charge in [0.2, 0.25) is 0 Å². The van der Waals surface area contributed by atoms with Gasteiger partial charge in [-0.2, -0.15) is 5.26 Å². The van der Waals surface area contributed by atoms with Crippen LogP contribution in [0.15, 0.2) is 42.5 Å². The molecule has 3 nitrogen and oxygen atoms in total. The minimum atomic E-state index is 0.0696. The maximum atomic E-state index is 11.5. The van der Waals surface area contributed by atoms with Crippen molar-refractivity contribution in [2.75, 3.05) is 0 Å². The van der Waals surface area contributed by atoms with Crippen molar-refractivity contribution in [3.8, 4) is 11.8 Å². The number of ketones is 1. The Bertz CT molecular complexity index is 699. The molecule has 2 aromatic rings. The van der Waals surface area contributed by atoms with E-state index in [2.05, 4.69) is 6.07 Å². The zero-order chi connectivity index (χ0) is 15.2. The lowest BCUT2D eigenvalue weighted by Crippen LogP contribution is -2.01. The van der Waals surface area contributed by atoms with E-state index in [1.54, 1.807) is 13.0 Å². The van der Waals surface area contributed by atoms with Crippen molar-refractivity contribution in [3.63, 3.8) is 0 Å². The lowest BCUT2D eigenvalue weighted by molar-refractivity contribution is 0.101. The van der Waals surface area contributed by atoms with Crippen LogP contribution in [-0.2, 0) is 13.0 Å². The first-order chi connectivity index (χ1) is 10.1. The van der Waals surface area contributed by atoms with Crippen LogP contribution in [0.25, 0.3) is 0 Å². The standard InChI is InChI=1S/C18H17NO2/c1-3-16-10-17(7-8-18(16)13(2)20)21-12-15-6-4-5-14(9-15)11-19/h4-10H,3,12H2,1-2H3. The Kier molecular flexibility index (Phi) is 4.73. The van der Waals surface area contributed by atoms with Crippen molar-refractivity contribution in [2.24, 2.45) is 0 Å². The van der Waals surface area contributed by atoms with Gasteiger partial charge in [-0.25, -0.2) is 0 Å². The summed E-state index contributed by atoms with van der Waals surface area (Å²) in [5.41, 5.74) is 3.31. The van der Waals surface area contributed by atoms with Gasteiger partial charge >= 0.3 is 0 Å². The van der Waals surface area contributed by atoms with Gasteiger partial charge in [-0.3, -0.25) is 4.79 Å². The van der Waals surface area contributed by atoms with Gasteiger partial charge in [-0.1, -0.05) is 19.1 Å². The van der Waals surface area contributed by atoms with E-state index >= 15 is 0 Å². The van der Waals surface area contributed by atoms with Crippen LogP contribution < -0.4 is 4.74 Å². The fraction of sp³-hybridized carbons (Fsp3) is 0.222. The number of aryl methyl sites for hydroxylation is 1. The molecule has 0 atom stereocenters. The third-order valence-corrected chi connectivity index (χ3v) is 3.30. The van der Waals surface area contributed by atoms with Gasteiger partial charge in [0.25, 0.3) is 0 Å². The molecule has 0 aromatic heterocycles. The van der Waals surface area contributed by atoms with Crippen molar-refractivity contribution < 1.29 is 9.53 Å². The summed E-state index contributed by atoms with van der Waals surface area (Å²) in [6.07, 6.45) is 0.788. The van der Waals surface area contributed by atoms with E-state index in [4.69, 9.17) is 10.00 Å². The number of nitriles is 1. The molecule has 2 aromatic carbocycles. The van der Waals surface area contributed by atoms with Crippen LogP contribution in [0.2, 0.25) is 0 Å². The van der Waals surface area contributed by atoms with E-state index in [1.165, 1.54) is 0 Å². The molecule has 0 spiro atoms. The first kappa shape index (κ1) is 14.8. The van der Waals surface area contributed by atoms with Crippen molar-refractivity contribution in [3.05, 3.63) is 64.7 Å². The Morgan fingerprint density at radius 3 is 2.71 bits per heavy atom. The van der Waals surface area contributed by atoms with Crippen LogP contribution in [-0.4, -0.2) is 5.78 Å². The van der Waals surface area contributed by atoms with Crippen molar-refractivity contribution >= 4 is 5.78 Å². The summed E-state index contributed by atoms with van der Waals surface area (Å²) >= 11 is 0. The minimum Gasteiger partial charge on any atom is -0.489 e. The molecular weight excluding hydrogens is 262 g/mol. The van der Waals surface area contributed by atoms with Crippen LogP contribution in [0, 0.1) is 11.3 Å². The fourth-order valence-electron chi connectivity index (χ4n) is 2.19. The van der Waals surface area contributed by atoms with E-state index in [1.807, 2.05) is 43.3 Å². The first-order valence-electron chi connectivity index (χ1n) is 6.89. The summed E-state index contributed by atoms with van der Waals surface area (Å²) in [7, 11) is 0. The highest BCUT2D eigenvalue weighted by Crippen LogP contribution is 2.20. The van der Waals surface area contributed by atoms with E-state index in [0.717, 1.165) is 28.9 Å². The first-order valence-corrected chi connectivity index (χ1v) is 6.89. The molecule has 0 saturated carbocycles. The van der Waals surface area contributed by atoms with Gasteiger partial charge in [0.05, 0.1) is 11.6 Å². The molecule has 0 aliphatic heterocycles. The lowest BCUT2D eigenvalue weighted by Gasteiger charge is -2.10. The second kappa shape index (κ2) is 6.71. The Hall–Kier alpha value is -2.60. The van der Waals surface area contributed by atoms with Crippen molar-refractivity contribution in [1.82, 2.24) is 0 Å². The van der Waals surface area contributed by atoms with Crippen LogP contribution >= 0.6 is 0 Å². The highest BCUT2D eigenvalue weighted by atomic mass is 16.5. The number of rotatable bonds is 5. The van der Waals surface area contributed by atoms with Crippen molar-refractivity contribution in [1.29, 1.82) is 5.26 Å². The summed E-state index contributed by atoms with van der Waals surface area (Å²) in [6.45, 7) is 3.99. The number of carbonyl (C=O) groups is 1. The van der Waals surface area contributed by atoms with Gasteiger partial charge in [-0.05, 0) is 54.8 Å². The molecule has 0 heterocycles. The maximum absolute atomic E-state index is 11.5. The molecule has 0 amide bonds. The van der Waals surface area contributed by atoms with Gasteiger partial charge < -0.3 is 4.74 Å². The molecule has 2 rings (SSSR count). The maximum Gasteiger partial charge on any atom is 0.160 e. The number of Topliss-reactive ketones (excluding diaryl/α,β-unsaturated/α-hetero) is 1. The zero-order valence-electron chi connectivity index (χ0n) is 12.2. The number of hydrogen-bond donors (Lipinski definition) is 0. The molecule has 0 radical (unpaired) electrons. The third-order valence-electron chi connectivity index (χ3n) is 3.30. The number of hydrogen-bond acceptors (Lipinski definition) is 3. The second-order valence-electron chi connectivity index (χ2n) is 4.83. The summed E-state index contributed by atoms with van der Waals surface area (Å²) in [4.78, 5) is 11.5. The lowest BCUT2D eigenvalue weighted by atomic mass is 10.0. The van der Waals surface area contributed by atoms with Crippen LogP contribution in [0.1, 0.15) is 40.9 Å². The molecule has 106 valence electrons. The monoisotopic (exact) mass is 279 g/mol. The molecule has 0 saturated heterocycles. The van der Waals surface area contributed by atoms with Crippen LogP contribution in [0.3, 0.4) is 0 Å². The smallest absolute Gasteiger partial charge is 0.160 e. The van der Waals surface area contributed by atoms with E-state index in [0.29, 0.717) is 12.2 Å². The van der Waals surface area contributed by atoms with E-state index in [-0.39, 0.29) is 5.78 Å². The SMILES string of the molecule is CCc1cc(OCc2cccc(C#N)c2)ccc1C(C)=O. The molecule has 0 aliphatic rings. The number of benzene rings is 2. The van der Waals surface area contributed by atoms with Gasteiger partial charge in [0.15, 0.2) is 5.78 Å². The quantitative estimate of drug-likeness (QED) is 0.780. The number of nitrogens with zero attached hydrogens (tertiary/aromatic N) is 1. The molecule has 0 unspecified atom stereocenters. The Labute approximate surface area is 124 Å². The molecule has 0 aliphatic carbocycles. The largest absolute Gasteiger partial charge is 0.489 e. The molecule has 0 fully saturated rings. The normalized spacial score (nSPS) is 9.95. The molecular formula is C18H17NO2. The predicted octanol–water partition coefficient (Wildman–Crippen LogP) is 3.90. The molecule has 0 bridgehead atoms. The second-order valence-corrected chi connectivity index (χ2v) is 4.83. The highest BCUT2D eigenvalue weighted by Gasteiger charge is 2.07. The Morgan fingerprint density at radius 1 is 1.24 bits per heavy atom. The van der Waals surface area contributed by atoms with E-state index in [9.17, 15) is 4.79 Å². The molecule has 21 heavy (non-hydrogen) atoms. The highest BCUT2D eigenvalue weighted by molar-refractivity contribution is 5.95. The zero-order valence-corrected chi connectivity index (χ0v) is 12.2. The number of ether oxygens (including phenoxy) is 1. The molecule has 0 N–H and O–H groups in total. The Balaban J connectivity index is 2.13. The minimum absolute atomic E-state index is 0.0696. The fourth-order valence-corrected chi connectivity index (χ4v) is 2.19. The Morgan fingerprint density at radius 2 is 2.05 bits per heavy atom. The predicted molar refractivity (Wildman–Crippen MR) is 81.3 cm³/mol. The summed E-state index contributed by atoms with van der Waals surface area (Å²) in [6, 6.07) is 15.0. The average Bonchev–Trinajstić information content (AvgIpc) is 2.52.